The summed E-state index contributed by atoms with van der Waals surface area (Å²) in [5, 5.41) is 0.709. The quantitative estimate of drug-likeness (QED) is 0.829. The predicted molar refractivity (Wildman–Crippen MR) is 73.4 cm³/mol. The lowest BCUT2D eigenvalue weighted by Gasteiger charge is -2.22. The Balaban J connectivity index is 2.20. The monoisotopic (exact) mass is 299 g/mol. The number of halogens is 1. The third kappa shape index (κ3) is 3.07. The van der Waals surface area contributed by atoms with Gasteiger partial charge < -0.3 is 15.5 Å². The smallest absolute Gasteiger partial charge is 0.171 e. The molecule has 0 atom stereocenters. The van der Waals surface area contributed by atoms with Gasteiger partial charge in [0.05, 0.1) is 11.9 Å². The van der Waals surface area contributed by atoms with E-state index >= 15 is 0 Å². The van der Waals surface area contributed by atoms with E-state index in [1.165, 1.54) is 0 Å². The standard InChI is InChI=1S/C11H18BrN5/c1-16-3-2-4-17(6-5-16)11-10(13)14-8-9(7-12)15-11/h8H,2-7H2,1H3,(H2,13,14). The van der Waals surface area contributed by atoms with E-state index in [0.29, 0.717) is 11.1 Å². The van der Waals surface area contributed by atoms with Crippen LogP contribution in [0.2, 0.25) is 0 Å². The first kappa shape index (κ1) is 12.6. The highest BCUT2D eigenvalue weighted by Crippen LogP contribution is 2.20. The molecule has 1 aromatic rings. The van der Waals surface area contributed by atoms with Gasteiger partial charge in [0, 0.05) is 25.0 Å². The Kier molecular flexibility index (Phi) is 4.17. The number of hydrogen-bond acceptors (Lipinski definition) is 5. The molecule has 1 fully saturated rings. The fraction of sp³-hybridized carbons (Fsp3) is 0.636. The highest BCUT2D eigenvalue weighted by Gasteiger charge is 2.16. The molecular weight excluding hydrogens is 282 g/mol. The molecule has 1 aliphatic heterocycles. The minimum Gasteiger partial charge on any atom is -0.381 e. The van der Waals surface area contributed by atoms with Crippen LogP contribution in [-0.2, 0) is 5.33 Å². The number of rotatable bonds is 2. The van der Waals surface area contributed by atoms with Crippen LogP contribution in [0, 0.1) is 0 Å². The third-order valence-electron chi connectivity index (χ3n) is 2.99. The minimum absolute atomic E-state index is 0.527. The lowest BCUT2D eigenvalue weighted by Crippen LogP contribution is -2.30. The largest absolute Gasteiger partial charge is 0.381 e. The van der Waals surface area contributed by atoms with Crippen molar-refractivity contribution in [1.82, 2.24) is 14.9 Å². The highest BCUT2D eigenvalue weighted by molar-refractivity contribution is 9.08. The van der Waals surface area contributed by atoms with E-state index in [0.717, 1.165) is 44.1 Å². The van der Waals surface area contributed by atoms with Crippen LogP contribution in [0.5, 0.6) is 0 Å². The van der Waals surface area contributed by atoms with Crippen LogP contribution < -0.4 is 10.6 Å². The van der Waals surface area contributed by atoms with Crippen LogP contribution in [0.1, 0.15) is 12.1 Å². The van der Waals surface area contributed by atoms with Gasteiger partial charge in [-0.15, -0.1) is 0 Å². The molecule has 94 valence electrons. The normalized spacial score (nSPS) is 18.1. The van der Waals surface area contributed by atoms with Crippen molar-refractivity contribution in [2.24, 2.45) is 0 Å². The Hall–Kier alpha value is -0.880. The van der Waals surface area contributed by atoms with Crippen LogP contribution in [-0.4, -0.2) is 48.1 Å². The van der Waals surface area contributed by atoms with Crippen molar-refractivity contribution in [3.8, 4) is 0 Å². The second kappa shape index (κ2) is 5.64. The van der Waals surface area contributed by atoms with Crippen LogP contribution in [0.15, 0.2) is 6.20 Å². The number of hydrogen-bond donors (Lipinski definition) is 1. The fourth-order valence-electron chi connectivity index (χ4n) is 1.98. The molecule has 0 aromatic carbocycles. The SMILES string of the molecule is CN1CCCN(c2nc(CBr)cnc2N)CC1. The van der Waals surface area contributed by atoms with Crippen molar-refractivity contribution in [2.45, 2.75) is 11.8 Å². The van der Waals surface area contributed by atoms with Gasteiger partial charge in [0.25, 0.3) is 0 Å². The van der Waals surface area contributed by atoms with Gasteiger partial charge in [0.15, 0.2) is 11.6 Å². The molecule has 0 saturated carbocycles. The molecule has 0 spiro atoms. The van der Waals surface area contributed by atoms with Crippen LogP contribution >= 0.6 is 15.9 Å². The number of nitrogens with two attached hydrogens (primary N) is 1. The number of aromatic nitrogens is 2. The molecule has 1 aromatic heterocycles. The van der Waals surface area contributed by atoms with Gasteiger partial charge in [-0.3, -0.25) is 0 Å². The Morgan fingerprint density at radius 1 is 1.35 bits per heavy atom. The molecule has 2 heterocycles. The highest BCUT2D eigenvalue weighted by atomic mass is 79.9. The molecule has 1 saturated heterocycles. The van der Waals surface area contributed by atoms with E-state index in [9.17, 15) is 0 Å². The molecule has 5 nitrogen and oxygen atoms in total. The number of alkyl halides is 1. The van der Waals surface area contributed by atoms with E-state index in [4.69, 9.17) is 5.73 Å². The average Bonchev–Trinajstić information content (AvgIpc) is 2.55. The molecule has 17 heavy (non-hydrogen) atoms. The average molecular weight is 300 g/mol. The second-order valence-electron chi connectivity index (χ2n) is 4.35. The number of nitrogens with zero attached hydrogens (tertiary/aromatic N) is 4. The summed E-state index contributed by atoms with van der Waals surface area (Å²) in [5.74, 6) is 1.36. The lowest BCUT2D eigenvalue weighted by atomic mass is 10.3. The first-order valence-corrected chi connectivity index (χ1v) is 6.93. The van der Waals surface area contributed by atoms with E-state index in [1.54, 1.807) is 6.20 Å². The van der Waals surface area contributed by atoms with Crippen LogP contribution in [0.3, 0.4) is 0 Å². The maximum atomic E-state index is 5.92. The van der Waals surface area contributed by atoms with Gasteiger partial charge in [-0.2, -0.15) is 0 Å². The summed E-state index contributed by atoms with van der Waals surface area (Å²) < 4.78 is 0. The van der Waals surface area contributed by atoms with Gasteiger partial charge in [0.1, 0.15) is 0 Å². The lowest BCUT2D eigenvalue weighted by molar-refractivity contribution is 0.360. The fourth-order valence-corrected chi connectivity index (χ4v) is 2.25. The van der Waals surface area contributed by atoms with Crippen molar-refractivity contribution >= 4 is 27.6 Å². The van der Waals surface area contributed by atoms with Crippen molar-refractivity contribution < 1.29 is 0 Å². The summed E-state index contributed by atoms with van der Waals surface area (Å²) in [5.41, 5.74) is 6.84. The summed E-state index contributed by atoms with van der Waals surface area (Å²) in [6, 6.07) is 0. The topological polar surface area (TPSA) is 58.3 Å². The van der Waals surface area contributed by atoms with Crippen molar-refractivity contribution in [3.63, 3.8) is 0 Å². The summed E-state index contributed by atoms with van der Waals surface area (Å²) in [6.45, 7) is 4.12. The molecule has 1 aliphatic rings. The molecular formula is C11H18BrN5. The summed E-state index contributed by atoms with van der Waals surface area (Å²) in [6.07, 6.45) is 2.85. The number of anilines is 2. The third-order valence-corrected chi connectivity index (χ3v) is 3.56. The summed E-state index contributed by atoms with van der Waals surface area (Å²) in [4.78, 5) is 13.3. The first-order chi connectivity index (χ1) is 8.20. The van der Waals surface area contributed by atoms with E-state index in [2.05, 4.69) is 42.7 Å². The Morgan fingerprint density at radius 2 is 2.18 bits per heavy atom. The second-order valence-corrected chi connectivity index (χ2v) is 4.91. The maximum absolute atomic E-state index is 5.92. The molecule has 0 radical (unpaired) electrons. The Bertz CT molecular complexity index is 384. The van der Waals surface area contributed by atoms with Gasteiger partial charge in [-0.1, -0.05) is 15.9 Å². The van der Waals surface area contributed by atoms with Crippen molar-refractivity contribution in [2.75, 3.05) is 43.9 Å². The first-order valence-electron chi connectivity index (χ1n) is 5.81. The van der Waals surface area contributed by atoms with Gasteiger partial charge in [-0.25, -0.2) is 9.97 Å². The summed E-state index contributed by atoms with van der Waals surface area (Å²) in [7, 11) is 2.15. The van der Waals surface area contributed by atoms with Gasteiger partial charge >= 0.3 is 0 Å². The van der Waals surface area contributed by atoms with E-state index in [-0.39, 0.29) is 0 Å². The zero-order chi connectivity index (χ0) is 12.3. The summed E-state index contributed by atoms with van der Waals surface area (Å²) >= 11 is 3.40. The molecule has 0 bridgehead atoms. The van der Waals surface area contributed by atoms with E-state index in [1.807, 2.05) is 0 Å². The Morgan fingerprint density at radius 3 is 2.94 bits per heavy atom. The number of nitrogen functional groups attached to an aromatic ring is 1. The van der Waals surface area contributed by atoms with Crippen LogP contribution in [0.25, 0.3) is 0 Å². The van der Waals surface area contributed by atoms with Gasteiger partial charge in [0.2, 0.25) is 0 Å². The zero-order valence-electron chi connectivity index (χ0n) is 10.1. The molecule has 6 heteroatoms. The van der Waals surface area contributed by atoms with Crippen molar-refractivity contribution in [1.29, 1.82) is 0 Å². The molecule has 0 aliphatic carbocycles. The van der Waals surface area contributed by atoms with E-state index < -0.39 is 0 Å². The predicted octanol–water partition coefficient (Wildman–Crippen LogP) is 1.10. The van der Waals surface area contributed by atoms with Gasteiger partial charge in [-0.05, 0) is 20.0 Å². The van der Waals surface area contributed by atoms with Crippen molar-refractivity contribution in [3.05, 3.63) is 11.9 Å². The molecule has 0 unspecified atom stereocenters. The molecule has 0 amide bonds. The molecule has 2 N–H and O–H groups in total. The number of likely N-dealkylation sites (N-methyl/N-ethyl adjacent to an activating group) is 1. The van der Waals surface area contributed by atoms with Crippen LogP contribution in [0.4, 0.5) is 11.6 Å². The Labute approximate surface area is 110 Å². The minimum atomic E-state index is 0.527. The molecule has 2 rings (SSSR count). The maximum Gasteiger partial charge on any atom is 0.171 e. The zero-order valence-corrected chi connectivity index (χ0v) is 11.7.